The van der Waals surface area contributed by atoms with Crippen LogP contribution in [0.2, 0.25) is 0 Å². The highest BCUT2D eigenvalue weighted by Gasteiger charge is 2.13. The van der Waals surface area contributed by atoms with Crippen LogP contribution in [-0.4, -0.2) is 43.5 Å². The topological polar surface area (TPSA) is 117 Å². The van der Waals surface area contributed by atoms with Crippen molar-refractivity contribution in [1.29, 1.82) is 0 Å². The first-order valence-electron chi connectivity index (χ1n) is 6.23. The van der Waals surface area contributed by atoms with E-state index in [1.807, 2.05) is 13.8 Å². The number of rotatable bonds is 8. The van der Waals surface area contributed by atoms with E-state index in [0.717, 1.165) is 18.2 Å². The molecule has 1 aromatic rings. The number of carboxylic acids is 1. The molecule has 0 aliphatic rings. The zero-order valence-corrected chi connectivity index (χ0v) is 12.2. The molecule has 1 unspecified atom stereocenters. The van der Waals surface area contributed by atoms with Gasteiger partial charge in [0.15, 0.2) is 5.16 Å². The predicted octanol–water partition coefficient (Wildman–Crippen LogP) is 0.0529. The first-order chi connectivity index (χ1) is 9.43. The molecule has 0 aliphatic heterocycles. The van der Waals surface area contributed by atoms with Gasteiger partial charge in [-0.3, -0.25) is 14.2 Å². The average molecular weight is 302 g/mol. The van der Waals surface area contributed by atoms with Crippen molar-refractivity contribution < 1.29 is 14.7 Å². The Bertz CT molecular complexity index is 525. The van der Waals surface area contributed by atoms with Crippen LogP contribution in [-0.2, 0) is 16.1 Å². The maximum Gasteiger partial charge on any atom is 0.343 e. The third-order valence-corrected chi connectivity index (χ3v) is 3.59. The summed E-state index contributed by atoms with van der Waals surface area (Å²) in [4.78, 5) is 33.7. The summed E-state index contributed by atoms with van der Waals surface area (Å²) in [6, 6.07) is 0.0874. The van der Waals surface area contributed by atoms with Crippen LogP contribution in [0.4, 0.5) is 0 Å². The molecule has 112 valence electrons. The highest BCUT2D eigenvalue weighted by atomic mass is 32.2. The molecule has 1 atom stereocenters. The molecule has 0 saturated carbocycles. The van der Waals surface area contributed by atoms with Crippen LogP contribution in [0, 0.1) is 0 Å². The van der Waals surface area contributed by atoms with Gasteiger partial charge in [0.1, 0.15) is 0 Å². The van der Waals surface area contributed by atoms with Gasteiger partial charge in [0.2, 0.25) is 5.91 Å². The SMILES string of the molecule is CCC(C)NC(=O)CCn1c(SCC(=O)O)n[nH]c1=O. The number of H-pyrrole nitrogens is 1. The van der Waals surface area contributed by atoms with Gasteiger partial charge in [-0.2, -0.15) is 0 Å². The van der Waals surface area contributed by atoms with E-state index < -0.39 is 11.7 Å². The van der Waals surface area contributed by atoms with Crippen LogP contribution < -0.4 is 11.0 Å². The minimum Gasteiger partial charge on any atom is -0.481 e. The van der Waals surface area contributed by atoms with Crippen molar-refractivity contribution >= 4 is 23.6 Å². The number of nitrogens with one attached hydrogen (secondary N) is 2. The summed E-state index contributed by atoms with van der Waals surface area (Å²) < 4.78 is 1.27. The molecule has 8 nitrogen and oxygen atoms in total. The van der Waals surface area contributed by atoms with Crippen LogP contribution in [0.1, 0.15) is 26.7 Å². The molecule has 1 rings (SSSR count). The summed E-state index contributed by atoms with van der Waals surface area (Å²) in [5, 5.41) is 17.7. The highest BCUT2D eigenvalue weighted by molar-refractivity contribution is 7.99. The monoisotopic (exact) mass is 302 g/mol. The molecule has 0 bridgehead atoms. The van der Waals surface area contributed by atoms with Crippen LogP contribution in [0.15, 0.2) is 9.95 Å². The number of amides is 1. The van der Waals surface area contributed by atoms with Crippen LogP contribution in [0.25, 0.3) is 0 Å². The van der Waals surface area contributed by atoms with E-state index in [1.54, 1.807) is 0 Å². The molecule has 3 N–H and O–H groups in total. The molecule has 0 fully saturated rings. The Hall–Kier alpha value is -1.77. The Morgan fingerprint density at radius 2 is 2.25 bits per heavy atom. The predicted molar refractivity (Wildman–Crippen MR) is 73.7 cm³/mol. The molecule has 1 heterocycles. The summed E-state index contributed by atoms with van der Waals surface area (Å²) in [5.41, 5.74) is -0.450. The van der Waals surface area contributed by atoms with Crippen molar-refractivity contribution in [2.45, 2.75) is 44.4 Å². The normalized spacial score (nSPS) is 12.1. The fourth-order valence-corrected chi connectivity index (χ4v) is 2.09. The van der Waals surface area contributed by atoms with Gasteiger partial charge in [0.25, 0.3) is 0 Å². The van der Waals surface area contributed by atoms with Gasteiger partial charge < -0.3 is 10.4 Å². The molecule has 0 radical (unpaired) electrons. The molecule has 20 heavy (non-hydrogen) atoms. The van der Waals surface area contributed by atoms with Crippen molar-refractivity contribution in [1.82, 2.24) is 20.1 Å². The number of aromatic nitrogens is 3. The first-order valence-corrected chi connectivity index (χ1v) is 7.21. The molecule has 0 spiro atoms. The lowest BCUT2D eigenvalue weighted by Gasteiger charge is -2.11. The molecule has 9 heteroatoms. The largest absolute Gasteiger partial charge is 0.481 e. The number of nitrogens with zero attached hydrogens (tertiary/aromatic N) is 2. The Morgan fingerprint density at radius 1 is 1.55 bits per heavy atom. The van der Waals surface area contributed by atoms with E-state index in [9.17, 15) is 14.4 Å². The Morgan fingerprint density at radius 3 is 2.85 bits per heavy atom. The summed E-state index contributed by atoms with van der Waals surface area (Å²) in [5.74, 6) is -1.34. The van der Waals surface area contributed by atoms with Crippen LogP contribution in [0.3, 0.4) is 0 Å². The van der Waals surface area contributed by atoms with E-state index in [-0.39, 0.29) is 35.8 Å². The van der Waals surface area contributed by atoms with Gasteiger partial charge in [0.05, 0.1) is 5.75 Å². The van der Waals surface area contributed by atoms with Crippen molar-refractivity contribution in [2.75, 3.05) is 5.75 Å². The number of hydrogen-bond donors (Lipinski definition) is 3. The van der Waals surface area contributed by atoms with Gasteiger partial charge in [-0.15, -0.1) is 5.10 Å². The molecule has 0 aliphatic carbocycles. The average Bonchev–Trinajstić information content (AvgIpc) is 2.74. The van der Waals surface area contributed by atoms with E-state index in [2.05, 4.69) is 15.5 Å². The van der Waals surface area contributed by atoms with E-state index >= 15 is 0 Å². The Balaban J connectivity index is 2.58. The van der Waals surface area contributed by atoms with E-state index in [4.69, 9.17) is 5.11 Å². The molecule has 1 aromatic heterocycles. The smallest absolute Gasteiger partial charge is 0.343 e. The molecular formula is C11H18N4O4S. The fourth-order valence-electron chi connectivity index (χ4n) is 1.40. The van der Waals surface area contributed by atoms with Gasteiger partial charge in [-0.05, 0) is 13.3 Å². The maximum absolute atomic E-state index is 11.6. The van der Waals surface area contributed by atoms with Crippen molar-refractivity contribution in [3.05, 3.63) is 10.5 Å². The van der Waals surface area contributed by atoms with Crippen LogP contribution in [0.5, 0.6) is 0 Å². The number of carboxylic acid groups (broad SMARTS) is 1. The number of carbonyl (C=O) groups is 2. The number of thioether (sulfide) groups is 1. The van der Waals surface area contributed by atoms with E-state index in [0.29, 0.717) is 0 Å². The van der Waals surface area contributed by atoms with Crippen molar-refractivity contribution in [3.63, 3.8) is 0 Å². The lowest BCUT2D eigenvalue weighted by Crippen LogP contribution is -2.33. The van der Waals surface area contributed by atoms with Crippen molar-refractivity contribution in [3.8, 4) is 0 Å². The standard InChI is InChI=1S/C11H18N4O4S/c1-3-7(2)12-8(16)4-5-15-10(19)13-14-11(15)20-6-9(17)18/h7H,3-6H2,1-2H3,(H,12,16)(H,13,19)(H,17,18). The third kappa shape index (κ3) is 5.08. The minimum absolute atomic E-state index is 0.0874. The number of carbonyl (C=O) groups excluding carboxylic acids is 1. The fraction of sp³-hybridized carbons (Fsp3) is 0.636. The zero-order chi connectivity index (χ0) is 15.1. The summed E-state index contributed by atoms with van der Waals surface area (Å²) in [7, 11) is 0. The summed E-state index contributed by atoms with van der Waals surface area (Å²) in [6.07, 6.45) is 0.974. The summed E-state index contributed by atoms with van der Waals surface area (Å²) in [6.45, 7) is 4.03. The zero-order valence-electron chi connectivity index (χ0n) is 11.4. The Kier molecular flexibility index (Phi) is 6.29. The van der Waals surface area contributed by atoms with E-state index in [1.165, 1.54) is 4.57 Å². The Labute approximate surface area is 119 Å². The molecule has 0 aromatic carbocycles. The second-order valence-corrected chi connectivity index (χ2v) is 5.21. The third-order valence-electron chi connectivity index (χ3n) is 2.63. The van der Waals surface area contributed by atoms with Crippen molar-refractivity contribution in [2.24, 2.45) is 0 Å². The summed E-state index contributed by atoms with van der Waals surface area (Å²) >= 11 is 0.935. The van der Waals surface area contributed by atoms with Gasteiger partial charge >= 0.3 is 11.7 Å². The molecule has 1 amide bonds. The van der Waals surface area contributed by atoms with Gasteiger partial charge in [-0.1, -0.05) is 18.7 Å². The highest BCUT2D eigenvalue weighted by Crippen LogP contribution is 2.12. The van der Waals surface area contributed by atoms with Gasteiger partial charge in [-0.25, -0.2) is 9.89 Å². The quantitative estimate of drug-likeness (QED) is 0.584. The lowest BCUT2D eigenvalue weighted by atomic mass is 10.2. The lowest BCUT2D eigenvalue weighted by molar-refractivity contribution is -0.134. The number of aliphatic carboxylic acids is 1. The molecular weight excluding hydrogens is 284 g/mol. The minimum atomic E-state index is -0.994. The number of hydrogen-bond acceptors (Lipinski definition) is 5. The maximum atomic E-state index is 11.6. The molecule has 0 saturated heterocycles. The second kappa shape index (κ2) is 7.73. The number of aromatic amines is 1. The van der Waals surface area contributed by atoms with Crippen LogP contribution >= 0.6 is 11.8 Å². The second-order valence-electron chi connectivity index (χ2n) is 4.27. The first kappa shape index (κ1) is 16.3. The van der Waals surface area contributed by atoms with Gasteiger partial charge in [0, 0.05) is 19.0 Å².